The van der Waals surface area contributed by atoms with Crippen LogP contribution in [-0.2, 0) is 17.4 Å². The van der Waals surface area contributed by atoms with Crippen LogP contribution in [-0.4, -0.2) is 11.1 Å². The smallest absolute Gasteiger partial charge is 0.417 e. The highest BCUT2D eigenvalue weighted by Gasteiger charge is 2.33. The molecule has 2 rings (SSSR count). The molecule has 0 fully saturated rings. The van der Waals surface area contributed by atoms with Crippen molar-refractivity contribution < 1.29 is 23.1 Å². The second-order valence-corrected chi connectivity index (χ2v) is 6.77. The lowest BCUT2D eigenvalue weighted by Gasteiger charge is -2.11. The van der Waals surface area contributed by atoms with Gasteiger partial charge in [0.25, 0.3) is 0 Å². The second-order valence-electron chi connectivity index (χ2n) is 4.46. The Balaban J connectivity index is 2.19. The molecule has 1 N–H and O–H groups in total. The van der Waals surface area contributed by atoms with E-state index in [1.807, 2.05) is 0 Å². The van der Waals surface area contributed by atoms with Crippen molar-refractivity contribution in [1.29, 1.82) is 0 Å². The zero-order valence-electron chi connectivity index (χ0n) is 11.0. The predicted molar refractivity (Wildman–Crippen MR) is 86.1 cm³/mol. The Hall–Kier alpha value is -1.22. The minimum Gasteiger partial charge on any atom is -0.481 e. The molecule has 0 saturated carbocycles. The number of carboxylic acids is 1. The van der Waals surface area contributed by atoms with Crippen LogP contribution in [0.2, 0.25) is 0 Å². The zero-order chi connectivity index (χ0) is 16.3. The van der Waals surface area contributed by atoms with Crippen LogP contribution in [0, 0.1) is 3.57 Å². The molecule has 0 atom stereocenters. The first-order valence-corrected chi connectivity index (χ1v) is 8.00. The molecule has 0 aliphatic carbocycles. The molecule has 0 aliphatic heterocycles. The lowest BCUT2D eigenvalue weighted by Crippen LogP contribution is -2.07. The summed E-state index contributed by atoms with van der Waals surface area (Å²) in [6.45, 7) is 0. The van der Waals surface area contributed by atoms with E-state index in [2.05, 4.69) is 0 Å². The SMILES string of the molecule is O=C(O)Cc1ccc(Sc2ccc(I)c(C(F)(F)F)c2)cc1. The minimum absolute atomic E-state index is 0.0767. The molecule has 0 radical (unpaired) electrons. The maximum atomic E-state index is 12.9. The van der Waals surface area contributed by atoms with Gasteiger partial charge in [-0.1, -0.05) is 23.9 Å². The number of hydrogen-bond donors (Lipinski definition) is 1. The molecule has 0 saturated heterocycles. The third kappa shape index (κ3) is 4.64. The highest BCUT2D eigenvalue weighted by Crippen LogP contribution is 2.37. The van der Waals surface area contributed by atoms with E-state index in [4.69, 9.17) is 5.11 Å². The van der Waals surface area contributed by atoms with Crippen LogP contribution in [0.5, 0.6) is 0 Å². The highest BCUT2D eigenvalue weighted by molar-refractivity contribution is 14.1. The Labute approximate surface area is 142 Å². The Morgan fingerprint density at radius 1 is 1.09 bits per heavy atom. The van der Waals surface area contributed by atoms with E-state index in [9.17, 15) is 18.0 Å². The molecular weight excluding hydrogens is 428 g/mol. The molecule has 0 heterocycles. The molecule has 7 heteroatoms. The summed E-state index contributed by atoms with van der Waals surface area (Å²) in [5, 5.41) is 8.69. The first kappa shape index (κ1) is 17.1. The van der Waals surface area contributed by atoms with Gasteiger partial charge in [0.2, 0.25) is 0 Å². The Morgan fingerprint density at radius 3 is 2.23 bits per heavy atom. The average molecular weight is 438 g/mol. The van der Waals surface area contributed by atoms with Crippen molar-refractivity contribution >= 4 is 40.3 Å². The Morgan fingerprint density at radius 2 is 1.68 bits per heavy atom. The van der Waals surface area contributed by atoms with E-state index < -0.39 is 17.7 Å². The van der Waals surface area contributed by atoms with E-state index >= 15 is 0 Å². The van der Waals surface area contributed by atoms with Crippen molar-refractivity contribution in [1.82, 2.24) is 0 Å². The molecule has 116 valence electrons. The number of hydrogen-bond acceptors (Lipinski definition) is 2. The average Bonchev–Trinajstić information content (AvgIpc) is 2.41. The first-order chi connectivity index (χ1) is 10.3. The van der Waals surface area contributed by atoms with Gasteiger partial charge in [-0.2, -0.15) is 13.2 Å². The van der Waals surface area contributed by atoms with Crippen LogP contribution in [0.4, 0.5) is 13.2 Å². The number of alkyl halides is 3. The summed E-state index contributed by atoms with van der Waals surface area (Å²) in [5.41, 5.74) is -0.00367. The number of halogens is 4. The van der Waals surface area contributed by atoms with E-state index in [1.165, 1.54) is 17.8 Å². The van der Waals surface area contributed by atoms with Crippen molar-refractivity contribution in [3.8, 4) is 0 Å². The largest absolute Gasteiger partial charge is 0.481 e. The van der Waals surface area contributed by atoms with Gasteiger partial charge in [-0.05, 0) is 58.5 Å². The monoisotopic (exact) mass is 438 g/mol. The van der Waals surface area contributed by atoms with Gasteiger partial charge in [-0.3, -0.25) is 4.79 Å². The summed E-state index contributed by atoms with van der Waals surface area (Å²) >= 11 is 2.87. The van der Waals surface area contributed by atoms with Crippen LogP contribution < -0.4 is 0 Å². The van der Waals surface area contributed by atoms with E-state index in [-0.39, 0.29) is 9.99 Å². The molecule has 2 aromatic rings. The van der Waals surface area contributed by atoms with Gasteiger partial charge in [-0.25, -0.2) is 0 Å². The molecule has 0 bridgehead atoms. The zero-order valence-corrected chi connectivity index (χ0v) is 14.0. The standard InChI is InChI=1S/C15H10F3IO2S/c16-15(17,18)12-8-11(5-6-13(12)19)22-10-3-1-9(2-4-10)7-14(20)21/h1-6,8H,7H2,(H,20,21). The van der Waals surface area contributed by atoms with Gasteiger partial charge in [0.05, 0.1) is 12.0 Å². The summed E-state index contributed by atoms with van der Waals surface area (Å²) in [4.78, 5) is 11.8. The van der Waals surface area contributed by atoms with Crippen LogP contribution in [0.25, 0.3) is 0 Å². The summed E-state index contributed by atoms with van der Waals surface area (Å²) in [6.07, 6.45) is -4.45. The van der Waals surface area contributed by atoms with Crippen molar-refractivity contribution in [2.75, 3.05) is 0 Å². The van der Waals surface area contributed by atoms with Crippen molar-refractivity contribution in [3.63, 3.8) is 0 Å². The fourth-order valence-electron chi connectivity index (χ4n) is 1.77. The number of aliphatic carboxylic acids is 1. The normalized spacial score (nSPS) is 11.5. The number of rotatable bonds is 4. The molecule has 2 aromatic carbocycles. The fourth-order valence-corrected chi connectivity index (χ4v) is 3.27. The molecule has 0 spiro atoms. The third-order valence-corrected chi connectivity index (χ3v) is 4.70. The summed E-state index contributed by atoms with van der Waals surface area (Å²) in [5.74, 6) is -0.923. The van der Waals surface area contributed by atoms with E-state index in [0.29, 0.717) is 10.5 Å². The van der Waals surface area contributed by atoms with Crippen LogP contribution in [0.1, 0.15) is 11.1 Å². The maximum Gasteiger partial charge on any atom is 0.417 e. The van der Waals surface area contributed by atoms with E-state index in [0.717, 1.165) is 11.0 Å². The van der Waals surface area contributed by atoms with Gasteiger partial charge in [-0.15, -0.1) is 0 Å². The quantitative estimate of drug-likeness (QED) is 0.677. The van der Waals surface area contributed by atoms with Crippen LogP contribution in [0.15, 0.2) is 52.3 Å². The number of benzene rings is 2. The molecule has 0 amide bonds. The van der Waals surface area contributed by atoms with Gasteiger partial charge in [0, 0.05) is 13.4 Å². The number of carboxylic acid groups (broad SMARTS) is 1. The van der Waals surface area contributed by atoms with Gasteiger partial charge < -0.3 is 5.11 Å². The molecule has 2 nitrogen and oxygen atoms in total. The summed E-state index contributed by atoms with van der Waals surface area (Å²) in [7, 11) is 0. The fraction of sp³-hybridized carbons (Fsp3) is 0.133. The molecule has 22 heavy (non-hydrogen) atoms. The second kappa shape index (κ2) is 6.91. The topological polar surface area (TPSA) is 37.3 Å². The van der Waals surface area contributed by atoms with Crippen molar-refractivity contribution in [2.24, 2.45) is 0 Å². The first-order valence-electron chi connectivity index (χ1n) is 6.11. The van der Waals surface area contributed by atoms with Gasteiger partial charge >= 0.3 is 12.1 Å². The lowest BCUT2D eigenvalue weighted by atomic mass is 10.2. The van der Waals surface area contributed by atoms with Gasteiger partial charge in [0.1, 0.15) is 0 Å². The minimum atomic E-state index is -4.38. The van der Waals surface area contributed by atoms with Gasteiger partial charge in [0.15, 0.2) is 0 Å². The Kier molecular flexibility index (Phi) is 5.38. The predicted octanol–water partition coefficient (Wildman–Crippen LogP) is 5.09. The maximum absolute atomic E-state index is 12.9. The molecule has 0 unspecified atom stereocenters. The lowest BCUT2D eigenvalue weighted by molar-refractivity contribution is -0.138. The van der Waals surface area contributed by atoms with Crippen molar-refractivity contribution in [2.45, 2.75) is 22.4 Å². The van der Waals surface area contributed by atoms with Crippen LogP contribution >= 0.6 is 34.4 Å². The number of carbonyl (C=O) groups is 1. The summed E-state index contributed by atoms with van der Waals surface area (Å²) < 4.78 is 38.8. The highest BCUT2D eigenvalue weighted by atomic mass is 127. The van der Waals surface area contributed by atoms with Crippen LogP contribution in [0.3, 0.4) is 0 Å². The molecule has 0 aliphatic rings. The Bertz CT molecular complexity index is 684. The van der Waals surface area contributed by atoms with E-state index in [1.54, 1.807) is 52.9 Å². The molecular formula is C15H10F3IO2S. The van der Waals surface area contributed by atoms with Crippen molar-refractivity contribution in [3.05, 3.63) is 57.2 Å². The third-order valence-electron chi connectivity index (χ3n) is 2.76. The summed E-state index contributed by atoms with van der Waals surface area (Å²) in [6, 6.07) is 10.9. The molecule has 0 aromatic heterocycles.